The minimum Gasteiger partial charge on any atom is -0.466 e. The highest BCUT2D eigenvalue weighted by molar-refractivity contribution is 5.95. The molecule has 0 bridgehead atoms. The number of carbonyl (C=O) groups is 1. The van der Waals surface area contributed by atoms with Gasteiger partial charge in [-0.3, -0.25) is 9.59 Å². The van der Waals surface area contributed by atoms with Crippen LogP contribution in [0.1, 0.15) is 70.9 Å². The van der Waals surface area contributed by atoms with Crippen molar-refractivity contribution in [1.82, 2.24) is 15.3 Å². The number of hydrogen-bond donors (Lipinski definition) is 2. The van der Waals surface area contributed by atoms with Gasteiger partial charge in [0.2, 0.25) is 0 Å². The smallest absolute Gasteiger partial charge is 0.255 e. The third-order valence-electron chi connectivity index (χ3n) is 4.92. The molecule has 2 aromatic rings. The van der Waals surface area contributed by atoms with Crippen molar-refractivity contribution >= 4 is 5.91 Å². The molecule has 126 valence electrons. The number of amides is 1. The Labute approximate surface area is 139 Å². The number of aromatic amines is 1. The predicted octanol–water partition coefficient (Wildman–Crippen LogP) is 2.53. The summed E-state index contributed by atoms with van der Waals surface area (Å²) in [5.41, 5.74) is 1.39. The van der Waals surface area contributed by atoms with Crippen LogP contribution in [-0.2, 0) is 0 Å². The van der Waals surface area contributed by atoms with Crippen molar-refractivity contribution in [3.63, 3.8) is 0 Å². The summed E-state index contributed by atoms with van der Waals surface area (Å²) in [6.45, 7) is 3.63. The minimum atomic E-state index is -0.0923. The van der Waals surface area contributed by atoms with Crippen LogP contribution in [-0.4, -0.2) is 21.9 Å². The fourth-order valence-electron chi connectivity index (χ4n) is 3.35. The molecule has 2 fully saturated rings. The van der Waals surface area contributed by atoms with Crippen LogP contribution in [0.5, 0.6) is 0 Å². The average Bonchev–Trinajstić information content (AvgIpc) is 3.26. The lowest BCUT2D eigenvalue weighted by molar-refractivity contribution is 0.0906. The van der Waals surface area contributed by atoms with Gasteiger partial charge in [-0.25, -0.2) is 4.98 Å². The van der Waals surface area contributed by atoms with Crippen LogP contribution < -0.4 is 10.9 Å². The number of nitrogens with one attached hydrogen (secondary N) is 2. The fraction of sp³-hybridized carbons (Fsp3) is 0.500. The normalized spacial score (nSPS) is 22.9. The molecule has 6 nitrogen and oxygen atoms in total. The Morgan fingerprint density at radius 3 is 2.62 bits per heavy atom. The van der Waals surface area contributed by atoms with E-state index >= 15 is 0 Å². The lowest BCUT2D eigenvalue weighted by atomic mass is 9.78. The molecular weight excluding hydrogens is 306 g/mol. The lowest BCUT2D eigenvalue weighted by Crippen LogP contribution is -2.43. The highest BCUT2D eigenvalue weighted by atomic mass is 16.3. The van der Waals surface area contributed by atoms with Gasteiger partial charge in [-0.1, -0.05) is 0 Å². The summed E-state index contributed by atoms with van der Waals surface area (Å²) in [5.74, 6) is 2.80. The van der Waals surface area contributed by atoms with Gasteiger partial charge in [0.05, 0.1) is 11.3 Å². The zero-order valence-corrected chi connectivity index (χ0v) is 13.9. The Kier molecular flexibility index (Phi) is 3.55. The number of furan rings is 1. The Morgan fingerprint density at radius 1 is 1.25 bits per heavy atom. The number of aryl methyl sites for hydroxylation is 2. The maximum atomic E-state index is 12.3. The number of hydrogen-bond acceptors (Lipinski definition) is 4. The van der Waals surface area contributed by atoms with Crippen molar-refractivity contribution in [2.45, 2.75) is 57.4 Å². The monoisotopic (exact) mass is 327 g/mol. The second-order valence-corrected chi connectivity index (χ2v) is 7.00. The summed E-state index contributed by atoms with van der Waals surface area (Å²) >= 11 is 0. The van der Waals surface area contributed by atoms with Crippen molar-refractivity contribution in [1.29, 1.82) is 0 Å². The summed E-state index contributed by atoms with van der Waals surface area (Å²) in [4.78, 5) is 31.5. The number of carbonyl (C=O) groups excluding carboxylic acids is 1. The summed E-state index contributed by atoms with van der Waals surface area (Å²) in [5, 5.41) is 3.04. The quantitative estimate of drug-likeness (QED) is 0.903. The maximum Gasteiger partial charge on any atom is 0.255 e. The minimum absolute atomic E-state index is 0.0705. The molecule has 0 aromatic carbocycles. The van der Waals surface area contributed by atoms with Crippen molar-refractivity contribution < 1.29 is 9.21 Å². The first-order chi connectivity index (χ1) is 11.5. The molecular formula is C18H21N3O3. The van der Waals surface area contributed by atoms with Gasteiger partial charge in [0.25, 0.3) is 11.5 Å². The van der Waals surface area contributed by atoms with Crippen LogP contribution >= 0.6 is 0 Å². The van der Waals surface area contributed by atoms with Crippen LogP contribution in [0.4, 0.5) is 0 Å². The zero-order valence-electron chi connectivity index (χ0n) is 13.9. The fourth-order valence-corrected chi connectivity index (χ4v) is 3.35. The van der Waals surface area contributed by atoms with Crippen LogP contribution in [0, 0.1) is 13.8 Å². The standard InChI is InChI=1S/C18H21N3O3/c1-9-5-14(10(2)24-9)18(23)19-13-6-12(7-13)15-8-16(22)21-17(20-15)11-3-4-11/h5,8,11-13H,3-4,6-7H2,1-2H3,(H,19,23)(H,20,21,22). The van der Waals surface area contributed by atoms with Gasteiger partial charge in [0.15, 0.2) is 0 Å². The first-order valence-electron chi connectivity index (χ1n) is 8.48. The molecule has 1 amide bonds. The summed E-state index contributed by atoms with van der Waals surface area (Å²) in [6, 6.07) is 3.49. The number of aromatic nitrogens is 2. The first-order valence-corrected chi connectivity index (χ1v) is 8.48. The molecule has 0 radical (unpaired) electrons. The predicted molar refractivity (Wildman–Crippen MR) is 88.2 cm³/mol. The van der Waals surface area contributed by atoms with Gasteiger partial charge in [0.1, 0.15) is 17.3 Å². The van der Waals surface area contributed by atoms with Crippen LogP contribution in [0.15, 0.2) is 21.3 Å². The van der Waals surface area contributed by atoms with Gasteiger partial charge in [-0.15, -0.1) is 0 Å². The topological polar surface area (TPSA) is 88.0 Å². The number of H-pyrrole nitrogens is 1. The van der Waals surface area contributed by atoms with Gasteiger partial charge < -0.3 is 14.7 Å². The molecule has 4 rings (SSSR count). The van der Waals surface area contributed by atoms with Gasteiger partial charge in [-0.05, 0) is 45.6 Å². The van der Waals surface area contributed by atoms with E-state index in [4.69, 9.17) is 4.42 Å². The Balaban J connectivity index is 1.39. The Bertz CT molecular complexity index is 841. The molecule has 0 aliphatic heterocycles. The molecule has 6 heteroatoms. The zero-order chi connectivity index (χ0) is 16.8. The first kappa shape index (κ1) is 15.2. The maximum absolute atomic E-state index is 12.3. The van der Waals surface area contributed by atoms with E-state index in [-0.39, 0.29) is 23.4 Å². The average molecular weight is 327 g/mol. The Morgan fingerprint density at radius 2 is 2.00 bits per heavy atom. The highest BCUT2D eigenvalue weighted by Crippen LogP contribution is 2.40. The third-order valence-corrected chi connectivity index (χ3v) is 4.92. The molecule has 24 heavy (non-hydrogen) atoms. The summed E-state index contributed by atoms with van der Waals surface area (Å²) in [7, 11) is 0. The van der Waals surface area contributed by atoms with Gasteiger partial charge in [-0.2, -0.15) is 0 Å². The van der Waals surface area contributed by atoms with E-state index in [2.05, 4.69) is 15.3 Å². The molecule has 2 N–H and O–H groups in total. The van der Waals surface area contributed by atoms with Crippen molar-refractivity contribution in [2.24, 2.45) is 0 Å². The van der Waals surface area contributed by atoms with Crippen molar-refractivity contribution in [3.8, 4) is 0 Å². The molecule has 2 heterocycles. The number of nitrogens with zero attached hydrogens (tertiary/aromatic N) is 1. The van der Waals surface area contributed by atoms with Crippen molar-refractivity contribution in [2.75, 3.05) is 0 Å². The largest absolute Gasteiger partial charge is 0.466 e. The molecule has 0 atom stereocenters. The van der Waals surface area contributed by atoms with Crippen LogP contribution in [0.3, 0.4) is 0 Å². The summed E-state index contributed by atoms with van der Waals surface area (Å²) in [6.07, 6.45) is 3.86. The van der Waals surface area contributed by atoms with Gasteiger partial charge >= 0.3 is 0 Å². The molecule has 0 spiro atoms. The van der Waals surface area contributed by atoms with Crippen LogP contribution in [0.2, 0.25) is 0 Å². The molecule has 2 aliphatic carbocycles. The van der Waals surface area contributed by atoms with E-state index in [1.807, 2.05) is 6.92 Å². The second kappa shape index (κ2) is 5.61. The molecule has 2 saturated carbocycles. The van der Waals surface area contributed by atoms with Gasteiger partial charge in [0, 0.05) is 23.9 Å². The van der Waals surface area contributed by atoms with Crippen LogP contribution in [0.25, 0.3) is 0 Å². The van der Waals surface area contributed by atoms with E-state index in [1.54, 1.807) is 19.1 Å². The molecule has 0 unspecified atom stereocenters. The second-order valence-electron chi connectivity index (χ2n) is 7.00. The van der Waals surface area contributed by atoms with E-state index in [0.29, 0.717) is 17.2 Å². The third kappa shape index (κ3) is 2.88. The molecule has 2 aromatic heterocycles. The lowest BCUT2D eigenvalue weighted by Gasteiger charge is -2.35. The SMILES string of the molecule is Cc1cc(C(=O)NC2CC(c3cc(=O)[nH]c(C4CC4)n3)C2)c(C)o1. The molecule has 0 saturated heterocycles. The van der Waals surface area contributed by atoms with E-state index in [1.165, 1.54) is 0 Å². The van der Waals surface area contributed by atoms with E-state index in [9.17, 15) is 9.59 Å². The van der Waals surface area contributed by atoms with E-state index < -0.39 is 0 Å². The van der Waals surface area contributed by atoms with E-state index in [0.717, 1.165) is 43.0 Å². The highest BCUT2D eigenvalue weighted by Gasteiger charge is 2.34. The number of rotatable bonds is 4. The molecule has 2 aliphatic rings. The summed E-state index contributed by atoms with van der Waals surface area (Å²) < 4.78 is 5.40. The Hall–Kier alpha value is -2.37. The van der Waals surface area contributed by atoms with Crippen molar-refractivity contribution in [3.05, 3.63) is 51.1 Å².